The average molecular weight is 619 g/mol. The van der Waals surface area contributed by atoms with Gasteiger partial charge in [-0.15, -0.1) is 0 Å². The first-order valence-corrected chi connectivity index (χ1v) is 17.3. The number of hydrogen-bond donors (Lipinski definition) is 0. The van der Waals surface area contributed by atoms with E-state index >= 15 is 0 Å². The predicted molar refractivity (Wildman–Crippen MR) is 203 cm³/mol. The van der Waals surface area contributed by atoms with Crippen molar-refractivity contribution in [2.45, 2.75) is 39.0 Å². The van der Waals surface area contributed by atoms with Gasteiger partial charge in [-0.1, -0.05) is 134 Å². The van der Waals surface area contributed by atoms with E-state index in [4.69, 9.17) is 4.98 Å². The molecule has 1 heterocycles. The summed E-state index contributed by atoms with van der Waals surface area (Å²) in [4.78, 5) is 5.09. The molecule has 48 heavy (non-hydrogen) atoms. The molecule has 2 heteroatoms. The Morgan fingerprint density at radius 2 is 1.46 bits per heavy atom. The van der Waals surface area contributed by atoms with Gasteiger partial charge in [0.1, 0.15) is 5.82 Å². The average Bonchev–Trinajstić information content (AvgIpc) is 3.55. The number of rotatable bonds is 5. The number of fused-ring (bicyclic) bond motifs is 3. The van der Waals surface area contributed by atoms with E-state index in [-0.39, 0.29) is 5.41 Å². The van der Waals surface area contributed by atoms with Gasteiger partial charge in [0, 0.05) is 16.7 Å². The minimum Gasteiger partial charge on any atom is -0.292 e. The molecule has 2 nitrogen and oxygen atoms in total. The molecule has 0 radical (unpaired) electrons. The first-order valence-electron chi connectivity index (χ1n) is 17.3. The van der Waals surface area contributed by atoms with Crippen molar-refractivity contribution in [1.82, 2.24) is 9.55 Å². The Bertz CT molecular complexity index is 2360. The van der Waals surface area contributed by atoms with E-state index in [9.17, 15) is 0 Å². The van der Waals surface area contributed by atoms with E-state index in [1.54, 1.807) is 0 Å². The van der Waals surface area contributed by atoms with Crippen LogP contribution in [-0.4, -0.2) is 9.55 Å². The second kappa shape index (κ2) is 11.6. The van der Waals surface area contributed by atoms with Crippen LogP contribution in [0.2, 0.25) is 0 Å². The highest BCUT2D eigenvalue weighted by atomic mass is 15.1. The summed E-state index contributed by atoms with van der Waals surface area (Å²) in [6.07, 6.45) is 24.3. The molecule has 0 saturated heterocycles. The zero-order valence-corrected chi connectivity index (χ0v) is 27.4. The summed E-state index contributed by atoms with van der Waals surface area (Å²) in [6, 6.07) is 37.3. The van der Waals surface area contributed by atoms with Crippen molar-refractivity contribution in [3.05, 3.63) is 168 Å². The summed E-state index contributed by atoms with van der Waals surface area (Å²) in [7, 11) is 0. The van der Waals surface area contributed by atoms with Crippen molar-refractivity contribution in [3.63, 3.8) is 0 Å². The van der Waals surface area contributed by atoms with E-state index in [1.807, 2.05) is 0 Å². The molecule has 0 fully saturated rings. The third-order valence-electron chi connectivity index (χ3n) is 10.5. The van der Waals surface area contributed by atoms with Crippen molar-refractivity contribution >= 4 is 33.5 Å². The number of nitrogens with zero attached hydrogens (tertiary/aromatic N) is 2. The lowest BCUT2D eigenvalue weighted by Gasteiger charge is -2.36. The smallest absolute Gasteiger partial charge is 0.145 e. The molecule has 1 atom stereocenters. The van der Waals surface area contributed by atoms with Gasteiger partial charge < -0.3 is 0 Å². The van der Waals surface area contributed by atoms with Crippen LogP contribution in [0.4, 0.5) is 0 Å². The molecule has 0 N–H and O–H groups in total. The van der Waals surface area contributed by atoms with E-state index in [2.05, 4.69) is 163 Å². The van der Waals surface area contributed by atoms with Gasteiger partial charge in [0.2, 0.25) is 0 Å². The molecule has 0 spiro atoms. The zero-order chi connectivity index (χ0) is 32.1. The third-order valence-corrected chi connectivity index (χ3v) is 10.5. The summed E-state index contributed by atoms with van der Waals surface area (Å²) in [6.45, 7) is 2.42. The molecule has 0 aliphatic heterocycles. The fourth-order valence-electron chi connectivity index (χ4n) is 8.14. The molecule has 0 amide bonds. The SMILES string of the molecule is CC1(C2=CCCC=C2)C=Cc2c(c(-c3ccc(-n4c(-c5ccccc5)nc5ccccc54)cc3)c3ccccc3c2C2=CC=CCC2)C1. The van der Waals surface area contributed by atoms with Crippen LogP contribution in [-0.2, 0) is 6.42 Å². The quantitative estimate of drug-likeness (QED) is 0.188. The summed E-state index contributed by atoms with van der Waals surface area (Å²) in [5.74, 6) is 0.959. The third kappa shape index (κ3) is 4.75. The van der Waals surface area contributed by atoms with Crippen LogP contribution in [0, 0.1) is 5.41 Å². The number of aromatic nitrogens is 2. The summed E-state index contributed by atoms with van der Waals surface area (Å²) < 4.78 is 2.30. The minimum absolute atomic E-state index is 0.0561. The molecule has 3 aliphatic rings. The molecule has 1 unspecified atom stereocenters. The molecule has 5 aromatic carbocycles. The maximum atomic E-state index is 5.09. The van der Waals surface area contributed by atoms with Crippen LogP contribution in [0.1, 0.15) is 49.3 Å². The number of imidazole rings is 1. The van der Waals surface area contributed by atoms with Crippen LogP contribution in [0.5, 0.6) is 0 Å². The summed E-state index contributed by atoms with van der Waals surface area (Å²) in [5, 5.41) is 2.67. The number of para-hydroxylation sites is 2. The lowest BCUT2D eigenvalue weighted by Crippen LogP contribution is -2.24. The number of benzene rings is 5. The van der Waals surface area contributed by atoms with Crippen LogP contribution in [0.25, 0.3) is 61.7 Å². The van der Waals surface area contributed by atoms with Crippen LogP contribution < -0.4 is 0 Å². The molecule has 0 bridgehead atoms. The normalized spacial score (nSPS) is 18.6. The highest BCUT2D eigenvalue weighted by Crippen LogP contribution is 2.49. The van der Waals surface area contributed by atoms with E-state index in [0.717, 1.165) is 60.2 Å². The molecule has 232 valence electrons. The Morgan fingerprint density at radius 3 is 2.23 bits per heavy atom. The first-order chi connectivity index (χ1) is 23.7. The van der Waals surface area contributed by atoms with Gasteiger partial charge in [-0.05, 0) is 106 Å². The Kier molecular flexibility index (Phi) is 6.97. The van der Waals surface area contributed by atoms with Gasteiger partial charge in [0.25, 0.3) is 0 Å². The summed E-state index contributed by atoms with van der Waals surface area (Å²) >= 11 is 0. The van der Waals surface area contributed by atoms with E-state index < -0.39 is 0 Å². The highest BCUT2D eigenvalue weighted by Gasteiger charge is 2.33. The van der Waals surface area contributed by atoms with Crippen LogP contribution in [0.3, 0.4) is 0 Å². The highest BCUT2D eigenvalue weighted by molar-refractivity contribution is 6.08. The van der Waals surface area contributed by atoms with Gasteiger partial charge in [-0.25, -0.2) is 4.98 Å². The molecule has 6 aromatic rings. The maximum Gasteiger partial charge on any atom is 0.145 e. The fourth-order valence-corrected chi connectivity index (χ4v) is 8.14. The van der Waals surface area contributed by atoms with E-state index in [1.165, 1.54) is 49.7 Å². The number of allylic oxidation sites excluding steroid dienone is 9. The topological polar surface area (TPSA) is 17.8 Å². The van der Waals surface area contributed by atoms with Gasteiger partial charge in [-0.2, -0.15) is 0 Å². The molecular weight excluding hydrogens is 581 g/mol. The molecule has 3 aliphatic carbocycles. The Morgan fingerprint density at radius 1 is 0.688 bits per heavy atom. The minimum atomic E-state index is -0.0561. The molecule has 1 aromatic heterocycles. The Balaban J connectivity index is 1.25. The van der Waals surface area contributed by atoms with Crippen LogP contribution >= 0.6 is 0 Å². The van der Waals surface area contributed by atoms with Crippen molar-refractivity contribution < 1.29 is 0 Å². The van der Waals surface area contributed by atoms with E-state index in [0.29, 0.717) is 0 Å². The Hall–Kier alpha value is -5.47. The first kappa shape index (κ1) is 28.7. The fraction of sp³-hybridized carbons (Fsp3) is 0.152. The van der Waals surface area contributed by atoms with Crippen LogP contribution in [0.15, 0.2) is 151 Å². The Labute approximate surface area is 282 Å². The zero-order valence-electron chi connectivity index (χ0n) is 27.4. The van der Waals surface area contributed by atoms with Crippen molar-refractivity contribution in [2.75, 3.05) is 0 Å². The van der Waals surface area contributed by atoms with Crippen molar-refractivity contribution in [2.24, 2.45) is 5.41 Å². The second-order valence-electron chi connectivity index (χ2n) is 13.6. The van der Waals surface area contributed by atoms with Gasteiger partial charge in [0.05, 0.1) is 11.0 Å². The second-order valence-corrected chi connectivity index (χ2v) is 13.6. The van der Waals surface area contributed by atoms with Crippen molar-refractivity contribution in [1.29, 1.82) is 0 Å². The molecule has 9 rings (SSSR count). The lowest BCUT2D eigenvalue weighted by molar-refractivity contribution is 0.516. The lowest BCUT2D eigenvalue weighted by atomic mass is 9.68. The van der Waals surface area contributed by atoms with Crippen molar-refractivity contribution in [3.8, 4) is 28.2 Å². The standard InChI is InChI=1S/C46H38N2/c1-46(35-19-9-4-10-20-35)30-29-39-40(31-46)44(38-22-12-11-21-37(38)43(39)32-15-5-2-6-16-32)33-25-27-36(28-26-33)48-42-24-14-13-23-41(42)47-45(48)34-17-7-3-8-18-34/h2-3,5,7-9,11-15,17-30H,4,6,10,16,31H2,1H3. The van der Waals surface area contributed by atoms with Gasteiger partial charge in [-0.3, -0.25) is 4.57 Å². The van der Waals surface area contributed by atoms with Gasteiger partial charge >= 0.3 is 0 Å². The molecular formula is C46H38N2. The molecule has 0 saturated carbocycles. The van der Waals surface area contributed by atoms with Gasteiger partial charge in [0.15, 0.2) is 0 Å². The predicted octanol–water partition coefficient (Wildman–Crippen LogP) is 12.1. The maximum absolute atomic E-state index is 5.09. The largest absolute Gasteiger partial charge is 0.292 e. The summed E-state index contributed by atoms with van der Waals surface area (Å²) in [5.41, 5.74) is 14.0. The monoisotopic (exact) mass is 618 g/mol. The number of hydrogen-bond acceptors (Lipinski definition) is 1.